The van der Waals surface area contributed by atoms with Crippen molar-refractivity contribution in [1.29, 1.82) is 5.26 Å². The fourth-order valence-electron chi connectivity index (χ4n) is 1.77. The molecular weight excluding hydrogens is 274 g/mol. The topological polar surface area (TPSA) is 76.1 Å². The zero-order valence-electron chi connectivity index (χ0n) is 10.6. The zero-order valence-corrected chi connectivity index (χ0v) is 11.4. The molecule has 0 atom stereocenters. The van der Waals surface area contributed by atoms with E-state index < -0.39 is 0 Å². The molecule has 1 aromatic carbocycles. The normalized spacial score (nSPS) is 10.6. The lowest BCUT2D eigenvalue weighted by Gasteiger charge is -2.08. The second kappa shape index (κ2) is 5.67. The van der Waals surface area contributed by atoms with Crippen LogP contribution < -0.4 is 4.74 Å². The number of ether oxygens (including phenoxy) is 1. The summed E-state index contributed by atoms with van der Waals surface area (Å²) in [4.78, 5) is 0.749. The fourth-order valence-corrected chi connectivity index (χ4v) is 2.62. The largest absolute Gasteiger partial charge is 0.493 e. The number of aromatic nitrogens is 4. The molecule has 3 rings (SSSR count). The van der Waals surface area contributed by atoms with Gasteiger partial charge in [0.1, 0.15) is 12.1 Å². The molecule has 0 saturated heterocycles. The van der Waals surface area contributed by atoms with Gasteiger partial charge in [-0.15, -0.1) is 10.2 Å². The lowest BCUT2D eigenvalue weighted by Crippen LogP contribution is -1.98. The number of fused-ring (bicyclic) bond motifs is 1. The highest BCUT2D eigenvalue weighted by atomic mass is 32.1. The van der Waals surface area contributed by atoms with Crippen molar-refractivity contribution in [1.82, 2.24) is 19.8 Å². The van der Waals surface area contributed by atoms with Gasteiger partial charge in [-0.2, -0.15) is 14.9 Å². The summed E-state index contributed by atoms with van der Waals surface area (Å²) in [6.45, 7) is 0.522. The lowest BCUT2D eigenvalue weighted by molar-refractivity contribution is 0.314. The minimum Gasteiger partial charge on any atom is -0.493 e. The van der Waals surface area contributed by atoms with Gasteiger partial charge in [-0.1, -0.05) is 23.5 Å². The molecule has 0 saturated carbocycles. The van der Waals surface area contributed by atoms with E-state index in [-0.39, 0.29) is 0 Å². The van der Waals surface area contributed by atoms with Crippen LogP contribution >= 0.6 is 11.3 Å². The molecule has 6 nitrogen and oxygen atoms in total. The second-order valence-electron chi connectivity index (χ2n) is 4.07. The van der Waals surface area contributed by atoms with Crippen LogP contribution in [0.4, 0.5) is 0 Å². The summed E-state index contributed by atoms with van der Waals surface area (Å²) in [5, 5.41) is 21.5. The van der Waals surface area contributed by atoms with E-state index in [2.05, 4.69) is 21.4 Å². The minimum atomic E-state index is 0.499. The van der Waals surface area contributed by atoms with E-state index in [1.807, 2.05) is 24.3 Å². The fraction of sp³-hybridized carbons (Fsp3) is 0.231. The van der Waals surface area contributed by atoms with Crippen LogP contribution in [0.2, 0.25) is 0 Å². The van der Waals surface area contributed by atoms with Crippen molar-refractivity contribution in [2.24, 2.45) is 0 Å². The van der Waals surface area contributed by atoms with E-state index in [0.717, 1.165) is 27.7 Å². The zero-order chi connectivity index (χ0) is 13.8. The van der Waals surface area contributed by atoms with Crippen LogP contribution in [0, 0.1) is 11.3 Å². The van der Waals surface area contributed by atoms with Crippen molar-refractivity contribution >= 4 is 16.3 Å². The van der Waals surface area contributed by atoms with Crippen molar-refractivity contribution in [3.05, 3.63) is 30.6 Å². The third-order valence-electron chi connectivity index (χ3n) is 2.69. The van der Waals surface area contributed by atoms with Gasteiger partial charge in [0.05, 0.1) is 18.2 Å². The van der Waals surface area contributed by atoms with Gasteiger partial charge in [-0.05, 0) is 18.6 Å². The number of unbranched alkanes of at least 4 members (excludes halogenated alkanes) is 1. The van der Waals surface area contributed by atoms with Crippen molar-refractivity contribution in [2.45, 2.75) is 12.8 Å². The molecule has 2 aromatic heterocycles. The van der Waals surface area contributed by atoms with Gasteiger partial charge in [-0.25, -0.2) is 0 Å². The molecule has 0 amide bonds. The number of nitriles is 1. The Hall–Kier alpha value is -2.46. The van der Waals surface area contributed by atoms with Gasteiger partial charge in [0, 0.05) is 6.42 Å². The van der Waals surface area contributed by atoms with Crippen LogP contribution in [0.25, 0.3) is 15.5 Å². The quantitative estimate of drug-likeness (QED) is 0.673. The Balaban J connectivity index is 1.85. The third-order valence-corrected chi connectivity index (χ3v) is 3.64. The predicted octanol–water partition coefficient (Wildman–Crippen LogP) is 2.54. The van der Waals surface area contributed by atoms with Crippen LogP contribution in [0.15, 0.2) is 30.6 Å². The number of rotatable bonds is 5. The molecule has 2 heterocycles. The summed E-state index contributed by atoms with van der Waals surface area (Å²) < 4.78 is 7.38. The molecule has 0 N–H and O–H groups in total. The van der Waals surface area contributed by atoms with E-state index in [9.17, 15) is 0 Å². The molecule has 0 spiro atoms. The van der Waals surface area contributed by atoms with Crippen molar-refractivity contribution < 1.29 is 4.74 Å². The Morgan fingerprint density at radius 1 is 1.35 bits per heavy atom. The molecule has 3 aromatic rings. The van der Waals surface area contributed by atoms with E-state index in [1.54, 1.807) is 10.8 Å². The first kappa shape index (κ1) is 12.6. The average molecular weight is 285 g/mol. The lowest BCUT2D eigenvalue weighted by atomic mass is 10.2. The maximum absolute atomic E-state index is 8.52. The number of nitrogens with zero attached hydrogens (tertiary/aromatic N) is 5. The van der Waals surface area contributed by atoms with Gasteiger partial charge >= 0.3 is 0 Å². The standard InChI is InChI=1S/C13H11N5OS/c14-7-3-4-8-19-11-6-2-1-5-10(11)12-17-18-9-15-16-13(18)20-12/h1-2,5-6,9H,3-4,8H2. The molecular formula is C13H11N5OS. The first-order chi connectivity index (χ1) is 9.88. The van der Waals surface area contributed by atoms with Crippen molar-refractivity contribution in [3.63, 3.8) is 0 Å². The number of hydrogen-bond donors (Lipinski definition) is 0. The summed E-state index contributed by atoms with van der Waals surface area (Å²) in [6.07, 6.45) is 2.79. The van der Waals surface area contributed by atoms with Gasteiger partial charge in [0.2, 0.25) is 4.96 Å². The highest BCUT2D eigenvalue weighted by Crippen LogP contribution is 2.32. The van der Waals surface area contributed by atoms with Crippen LogP contribution in [0.5, 0.6) is 5.75 Å². The molecule has 20 heavy (non-hydrogen) atoms. The highest BCUT2D eigenvalue weighted by molar-refractivity contribution is 7.19. The van der Waals surface area contributed by atoms with E-state index >= 15 is 0 Å². The first-order valence-electron chi connectivity index (χ1n) is 6.14. The monoisotopic (exact) mass is 285 g/mol. The van der Waals surface area contributed by atoms with Crippen LogP contribution in [-0.2, 0) is 0 Å². The molecule has 100 valence electrons. The van der Waals surface area contributed by atoms with Crippen molar-refractivity contribution in [3.8, 4) is 22.4 Å². The summed E-state index contributed by atoms with van der Waals surface area (Å²) in [6, 6.07) is 9.84. The Labute approximate surface area is 119 Å². The van der Waals surface area contributed by atoms with E-state index in [1.165, 1.54) is 11.3 Å². The molecule has 0 fully saturated rings. The first-order valence-corrected chi connectivity index (χ1v) is 6.96. The highest BCUT2D eigenvalue weighted by Gasteiger charge is 2.12. The molecule has 0 bridgehead atoms. The molecule has 7 heteroatoms. The van der Waals surface area contributed by atoms with E-state index in [0.29, 0.717) is 13.0 Å². The summed E-state index contributed by atoms with van der Waals surface area (Å²) in [5.41, 5.74) is 0.931. The Morgan fingerprint density at radius 2 is 2.25 bits per heavy atom. The second-order valence-corrected chi connectivity index (χ2v) is 5.03. The number of hydrogen-bond acceptors (Lipinski definition) is 6. The molecule has 0 aliphatic rings. The maximum Gasteiger partial charge on any atom is 0.234 e. The van der Waals surface area contributed by atoms with E-state index in [4.69, 9.17) is 10.00 Å². The van der Waals surface area contributed by atoms with Gasteiger partial charge in [-0.3, -0.25) is 0 Å². The van der Waals surface area contributed by atoms with Crippen LogP contribution in [0.3, 0.4) is 0 Å². The molecule has 0 unspecified atom stereocenters. The number of para-hydroxylation sites is 1. The summed E-state index contributed by atoms with van der Waals surface area (Å²) >= 11 is 1.46. The SMILES string of the molecule is N#CCCCOc1ccccc1-c1nn2cnnc2s1. The van der Waals surface area contributed by atoms with Gasteiger partial charge in [0.25, 0.3) is 0 Å². The number of benzene rings is 1. The molecule has 0 radical (unpaired) electrons. The molecule has 0 aliphatic carbocycles. The molecule has 0 aliphatic heterocycles. The third kappa shape index (κ3) is 2.46. The smallest absolute Gasteiger partial charge is 0.234 e. The van der Waals surface area contributed by atoms with Crippen LogP contribution in [0.1, 0.15) is 12.8 Å². The van der Waals surface area contributed by atoms with Gasteiger partial charge < -0.3 is 4.74 Å². The Kier molecular flexibility index (Phi) is 3.56. The predicted molar refractivity (Wildman–Crippen MR) is 74.4 cm³/mol. The summed E-state index contributed by atoms with van der Waals surface area (Å²) in [5.74, 6) is 0.774. The average Bonchev–Trinajstić information content (AvgIpc) is 3.05. The van der Waals surface area contributed by atoms with Gasteiger partial charge in [0.15, 0.2) is 5.01 Å². The Morgan fingerprint density at radius 3 is 3.10 bits per heavy atom. The minimum absolute atomic E-state index is 0.499. The van der Waals surface area contributed by atoms with Crippen LogP contribution in [-0.4, -0.2) is 26.4 Å². The summed E-state index contributed by atoms with van der Waals surface area (Å²) in [7, 11) is 0. The maximum atomic E-state index is 8.52. The van der Waals surface area contributed by atoms with Crippen molar-refractivity contribution in [2.75, 3.05) is 6.61 Å². The Bertz CT molecular complexity index is 729.